The third-order valence-electron chi connectivity index (χ3n) is 5.49. The number of hydrogen-bond donors (Lipinski definition) is 12. The van der Waals surface area contributed by atoms with Crippen molar-refractivity contribution in [1.29, 1.82) is 0 Å². The van der Waals surface area contributed by atoms with E-state index in [-0.39, 0.29) is 23.4 Å². The quantitative estimate of drug-likeness (QED) is 0.0742. The Morgan fingerprint density at radius 2 is 1.86 bits per heavy atom. The summed E-state index contributed by atoms with van der Waals surface area (Å²) >= 11 is 0. The largest absolute Gasteiger partial charge is 0.481 e. The number of hydrogen-bond acceptors (Lipinski definition) is 17. The zero-order chi connectivity index (χ0) is 32.9. The molecule has 1 aliphatic heterocycles. The summed E-state index contributed by atoms with van der Waals surface area (Å²) in [6, 6.07) is -1.32. The second kappa shape index (κ2) is 14.8. The van der Waals surface area contributed by atoms with Crippen LogP contribution < -0.4 is 16.6 Å². The van der Waals surface area contributed by atoms with Gasteiger partial charge in [-0.2, -0.15) is 9.29 Å². The third-order valence-corrected chi connectivity index (χ3v) is 7.64. The molecule has 0 spiro atoms. The fourth-order valence-corrected chi connectivity index (χ4v) is 5.13. The Balaban J connectivity index is 0.000000367. The predicted molar refractivity (Wildman–Crippen MR) is 136 cm³/mol. The van der Waals surface area contributed by atoms with E-state index in [1.807, 2.05) is 0 Å². The molecule has 1 unspecified atom stereocenters. The van der Waals surface area contributed by atoms with Crippen molar-refractivity contribution in [2.75, 3.05) is 18.9 Å². The SMILES string of the molecule is CC(=O)N[C@@H](C=O)[C@@H](O)[C@@H](O)[C@H](O)CO.Nc1nc2c(ncn2[C@@H]2O[C@H](COP(=O)(O)OP(=O)(O)O)[C@@H](O)[C@H]2O)c(=O)[nH]1. The van der Waals surface area contributed by atoms with Crippen LogP contribution in [-0.2, 0) is 32.3 Å². The van der Waals surface area contributed by atoms with Gasteiger partial charge in [-0.15, -0.1) is 0 Å². The molecule has 1 fully saturated rings. The van der Waals surface area contributed by atoms with Crippen molar-refractivity contribution >= 4 is 45.0 Å². The molecule has 0 saturated carbocycles. The Morgan fingerprint density at radius 3 is 2.40 bits per heavy atom. The molecule has 0 aliphatic carbocycles. The second-order valence-electron chi connectivity index (χ2n) is 8.75. The zero-order valence-electron chi connectivity index (χ0n) is 21.8. The highest BCUT2D eigenvalue weighted by molar-refractivity contribution is 7.60. The molecule has 0 aromatic carbocycles. The summed E-state index contributed by atoms with van der Waals surface area (Å²) in [5.41, 5.74) is 4.65. The van der Waals surface area contributed by atoms with Gasteiger partial charge in [0, 0.05) is 6.92 Å². The topological polar surface area (TPSA) is 380 Å². The number of nitrogen functional groups attached to an aromatic ring is 1. The van der Waals surface area contributed by atoms with Gasteiger partial charge in [0.05, 0.1) is 19.5 Å². The molecule has 25 heteroatoms. The van der Waals surface area contributed by atoms with Crippen molar-refractivity contribution in [2.24, 2.45) is 0 Å². The number of amides is 1. The van der Waals surface area contributed by atoms with E-state index in [1.54, 1.807) is 0 Å². The summed E-state index contributed by atoms with van der Waals surface area (Å²) in [6.45, 7) is -0.493. The van der Waals surface area contributed by atoms with Gasteiger partial charge < -0.3 is 65.9 Å². The first-order valence-corrected chi connectivity index (χ1v) is 14.7. The number of fused-ring (bicyclic) bond motifs is 1. The molecule has 1 saturated heterocycles. The van der Waals surface area contributed by atoms with Crippen molar-refractivity contribution in [2.45, 2.75) is 55.8 Å². The molecule has 1 amide bonds. The van der Waals surface area contributed by atoms with Crippen molar-refractivity contribution in [3.8, 4) is 0 Å². The Labute approximate surface area is 239 Å². The number of nitrogens with zero attached hydrogens (tertiary/aromatic N) is 3. The smallest absolute Gasteiger partial charge is 0.394 e. The number of aliphatic hydroxyl groups is 6. The molecule has 244 valence electrons. The number of anilines is 1. The number of aldehydes is 1. The maximum Gasteiger partial charge on any atom is 0.481 e. The first-order valence-electron chi connectivity index (χ1n) is 11.7. The molecule has 0 radical (unpaired) electrons. The van der Waals surface area contributed by atoms with E-state index < -0.39 is 89.2 Å². The number of carbonyl (C=O) groups is 2. The van der Waals surface area contributed by atoms with Crippen LogP contribution in [0.3, 0.4) is 0 Å². The lowest BCUT2D eigenvalue weighted by atomic mass is 10.0. The molecule has 3 rings (SSSR count). The minimum atomic E-state index is -5.32. The number of phosphoric ester groups is 1. The van der Waals surface area contributed by atoms with Crippen LogP contribution in [0.1, 0.15) is 13.2 Å². The molecule has 3 heterocycles. The number of imidazole rings is 1. The fraction of sp³-hybridized carbons (Fsp3) is 0.611. The zero-order valence-corrected chi connectivity index (χ0v) is 23.6. The third kappa shape index (κ3) is 9.89. The van der Waals surface area contributed by atoms with E-state index in [0.717, 1.165) is 17.8 Å². The highest BCUT2D eigenvalue weighted by Gasteiger charge is 2.46. The normalized spacial score (nSPS) is 24.7. The minimum Gasteiger partial charge on any atom is -0.394 e. The van der Waals surface area contributed by atoms with E-state index >= 15 is 0 Å². The summed E-state index contributed by atoms with van der Waals surface area (Å²) < 4.78 is 36.6. The molecule has 13 N–H and O–H groups in total. The monoisotopic (exact) mass is 664 g/mol. The Morgan fingerprint density at radius 1 is 1.23 bits per heavy atom. The number of aromatic nitrogens is 4. The maximum absolute atomic E-state index is 11.8. The number of nitrogens with two attached hydrogens (primary N) is 1. The van der Waals surface area contributed by atoms with Gasteiger partial charge in [0.1, 0.15) is 49.0 Å². The molecular formula is C18H30N6O17P2. The van der Waals surface area contributed by atoms with Gasteiger partial charge in [0.2, 0.25) is 11.9 Å². The van der Waals surface area contributed by atoms with E-state index in [2.05, 4.69) is 29.1 Å². The van der Waals surface area contributed by atoms with Crippen LogP contribution in [0.15, 0.2) is 11.1 Å². The molecule has 9 atom stereocenters. The lowest BCUT2D eigenvalue weighted by molar-refractivity contribution is -0.129. The summed E-state index contributed by atoms with van der Waals surface area (Å²) in [5, 5.41) is 58.4. The molecule has 43 heavy (non-hydrogen) atoms. The number of rotatable bonds is 12. The summed E-state index contributed by atoms with van der Waals surface area (Å²) in [5.74, 6) is -0.792. The Hall–Kier alpha value is -2.73. The summed E-state index contributed by atoms with van der Waals surface area (Å²) in [7, 11) is -10.5. The number of carbonyl (C=O) groups excluding carboxylic acids is 2. The highest BCUT2D eigenvalue weighted by Crippen LogP contribution is 2.57. The van der Waals surface area contributed by atoms with Crippen molar-refractivity contribution in [1.82, 2.24) is 24.8 Å². The Kier molecular flexibility index (Phi) is 12.6. The predicted octanol–water partition coefficient (Wildman–Crippen LogP) is -5.69. The van der Waals surface area contributed by atoms with Crippen molar-refractivity contribution in [3.05, 3.63) is 16.7 Å². The van der Waals surface area contributed by atoms with Crippen LogP contribution in [0.2, 0.25) is 0 Å². The van der Waals surface area contributed by atoms with Gasteiger partial charge >= 0.3 is 15.6 Å². The van der Waals surface area contributed by atoms with Crippen LogP contribution in [0, 0.1) is 0 Å². The molecular weight excluding hydrogens is 634 g/mol. The average molecular weight is 664 g/mol. The minimum absolute atomic E-state index is 0.0586. The van der Waals surface area contributed by atoms with E-state index in [4.69, 9.17) is 30.5 Å². The van der Waals surface area contributed by atoms with Crippen LogP contribution >= 0.6 is 15.6 Å². The number of H-pyrrole nitrogens is 1. The van der Waals surface area contributed by atoms with Crippen LogP contribution in [0.25, 0.3) is 11.2 Å². The van der Waals surface area contributed by atoms with Crippen LogP contribution in [0.5, 0.6) is 0 Å². The molecule has 23 nitrogen and oxygen atoms in total. The molecule has 0 bridgehead atoms. The second-order valence-corrected chi connectivity index (χ2v) is 11.6. The van der Waals surface area contributed by atoms with E-state index in [0.29, 0.717) is 0 Å². The van der Waals surface area contributed by atoms with Gasteiger partial charge in [0.25, 0.3) is 5.56 Å². The van der Waals surface area contributed by atoms with Gasteiger partial charge in [-0.05, 0) is 0 Å². The highest BCUT2D eigenvalue weighted by atomic mass is 31.3. The van der Waals surface area contributed by atoms with Crippen molar-refractivity contribution < 1.29 is 77.6 Å². The first kappa shape index (κ1) is 36.5. The molecule has 1 aliphatic rings. The van der Waals surface area contributed by atoms with Gasteiger partial charge in [-0.1, -0.05) is 0 Å². The number of aromatic amines is 1. The number of phosphoric acid groups is 2. The Bertz CT molecular complexity index is 1420. The van der Waals surface area contributed by atoms with Gasteiger partial charge in [-0.3, -0.25) is 23.7 Å². The lowest BCUT2D eigenvalue weighted by Gasteiger charge is -2.25. The van der Waals surface area contributed by atoms with Crippen molar-refractivity contribution in [3.63, 3.8) is 0 Å². The van der Waals surface area contributed by atoms with Gasteiger partial charge in [-0.25, -0.2) is 14.1 Å². The van der Waals surface area contributed by atoms with Crippen LogP contribution in [0.4, 0.5) is 5.95 Å². The summed E-state index contributed by atoms with van der Waals surface area (Å²) in [4.78, 5) is 69.2. The van der Waals surface area contributed by atoms with Gasteiger partial charge in [0.15, 0.2) is 17.4 Å². The maximum atomic E-state index is 11.8. The van der Waals surface area contributed by atoms with Crippen LogP contribution in [-0.4, -0.2) is 133 Å². The summed E-state index contributed by atoms with van der Waals surface area (Å²) in [6.07, 6.45) is -9.60. The number of aliphatic hydroxyl groups excluding tert-OH is 6. The van der Waals surface area contributed by atoms with E-state index in [1.165, 1.54) is 0 Å². The standard InChI is InChI=1S/C10H15N5O11P2.C8H15NO6/c11-10-13-7-4(8(18)14-10)12-2-15(7)9-6(17)5(16)3(25-9)1-24-28(22,23)26-27(19,20)21;1-4(12)9-5(2-10)7(14)8(15)6(13)3-11/h2-3,5-6,9,16-17H,1H2,(H,22,23)(H2,19,20,21)(H3,11,13,14,18);2,5-8,11,13-15H,3H2,1H3,(H,9,12)/t3-,5-,6-,9-;5-,6+,7+,8-/m10/s1. The molecule has 2 aromatic heterocycles. The van der Waals surface area contributed by atoms with E-state index in [9.17, 15) is 48.8 Å². The lowest BCUT2D eigenvalue weighted by Crippen LogP contribution is -2.53. The fourth-order valence-electron chi connectivity index (χ4n) is 3.53. The average Bonchev–Trinajstić information content (AvgIpc) is 3.44. The number of nitrogens with one attached hydrogen (secondary N) is 2. The number of ether oxygens (including phenoxy) is 1. The molecule has 2 aromatic rings. The first-order chi connectivity index (χ1) is 19.8.